The van der Waals surface area contributed by atoms with Gasteiger partial charge in [0.1, 0.15) is 0 Å². The highest BCUT2D eigenvalue weighted by molar-refractivity contribution is 6.30. The maximum Gasteiger partial charge on any atom is 0.319 e. The normalized spacial score (nSPS) is 10.6. The lowest BCUT2D eigenvalue weighted by molar-refractivity contribution is 0.251. The number of aromatic nitrogens is 1. The number of urea groups is 1. The van der Waals surface area contributed by atoms with Gasteiger partial charge in [0.05, 0.1) is 0 Å². The van der Waals surface area contributed by atoms with Gasteiger partial charge in [-0.3, -0.25) is 0 Å². The summed E-state index contributed by atoms with van der Waals surface area (Å²) in [6, 6.07) is 14.9. The minimum Gasteiger partial charge on any atom is -0.359 e. The molecule has 2 aromatic carbocycles. The maximum atomic E-state index is 11.9. The van der Waals surface area contributed by atoms with Crippen molar-refractivity contribution in [3.05, 3.63) is 64.8 Å². The molecular formula is C17H16ClN3O. The van der Waals surface area contributed by atoms with Crippen LogP contribution < -0.4 is 10.6 Å². The van der Waals surface area contributed by atoms with Crippen molar-refractivity contribution in [2.24, 2.45) is 0 Å². The number of carbonyl (C=O) groups excluding carboxylic acids is 1. The molecule has 1 heterocycles. The molecule has 5 heteroatoms. The van der Waals surface area contributed by atoms with Crippen LogP contribution in [-0.2, 0) is 6.54 Å². The van der Waals surface area contributed by atoms with Crippen LogP contribution in [0.1, 0.15) is 11.3 Å². The van der Waals surface area contributed by atoms with Gasteiger partial charge >= 0.3 is 6.03 Å². The van der Waals surface area contributed by atoms with Crippen molar-refractivity contribution in [1.82, 2.24) is 10.3 Å². The fourth-order valence-corrected chi connectivity index (χ4v) is 2.45. The van der Waals surface area contributed by atoms with Gasteiger partial charge in [-0.2, -0.15) is 0 Å². The van der Waals surface area contributed by atoms with Crippen LogP contribution in [0.5, 0.6) is 0 Å². The number of amides is 2. The predicted octanol–water partition coefficient (Wildman–Crippen LogP) is 4.45. The van der Waals surface area contributed by atoms with E-state index in [1.165, 1.54) is 0 Å². The van der Waals surface area contributed by atoms with Crippen LogP contribution in [0.2, 0.25) is 5.02 Å². The molecule has 3 N–H and O–H groups in total. The Labute approximate surface area is 133 Å². The smallest absolute Gasteiger partial charge is 0.319 e. The van der Waals surface area contributed by atoms with E-state index in [9.17, 15) is 4.79 Å². The van der Waals surface area contributed by atoms with Crippen LogP contribution >= 0.6 is 11.6 Å². The largest absolute Gasteiger partial charge is 0.359 e. The number of aryl methyl sites for hydroxylation is 1. The number of halogens is 1. The first-order valence-electron chi connectivity index (χ1n) is 6.99. The summed E-state index contributed by atoms with van der Waals surface area (Å²) in [5.74, 6) is 0. The Balaban J connectivity index is 1.60. The molecule has 0 unspecified atom stereocenters. The van der Waals surface area contributed by atoms with Gasteiger partial charge in [0.2, 0.25) is 0 Å². The van der Waals surface area contributed by atoms with Crippen molar-refractivity contribution in [2.45, 2.75) is 13.5 Å². The molecule has 0 aliphatic rings. The molecule has 0 aliphatic heterocycles. The zero-order valence-electron chi connectivity index (χ0n) is 12.1. The van der Waals surface area contributed by atoms with Crippen molar-refractivity contribution >= 4 is 34.2 Å². The fraction of sp³-hybridized carbons (Fsp3) is 0.118. The molecule has 0 spiro atoms. The molecule has 22 heavy (non-hydrogen) atoms. The van der Waals surface area contributed by atoms with E-state index in [1.54, 1.807) is 24.3 Å². The zero-order chi connectivity index (χ0) is 15.5. The molecule has 0 bridgehead atoms. The number of anilines is 1. The molecule has 0 radical (unpaired) electrons. The summed E-state index contributed by atoms with van der Waals surface area (Å²) in [6.45, 7) is 2.50. The van der Waals surface area contributed by atoms with Crippen molar-refractivity contribution in [3.63, 3.8) is 0 Å². The Kier molecular flexibility index (Phi) is 4.02. The van der Waals surface area contributed by atoms with E-state index < -0.39 is 0 Å². The number of benzene rings is 2. The number of H-pyrrole nitrogens is 1. The third-order valence-electron chi connectivity index (χ3n) is 3.37. The van der Waals surface area contributed by atoms with E-state index in [0.717, 1.165) is 22.2 Å². The first-order chi connectivity index (χ1) is 10.6. The lowest BCUT2D eigenvalue weighted by atomic mass is 10.1. The lowest BCUT2D eigenvalue weighted by Crippen LogP contribution is -2.28. The highest BCUT2D eigenvalue weighted by Crippen LogP contribution is 2.17. The Morgan fingerprint density at radius 3 is 2.68 bits per heavy atom. The first kappa shape index (κ1) is 14.5. The summed E-state index contributed by atoms with van der Waals surface area (Å²) in [7, 11) is 0. The third-order valence-corrected chi connectivity index (χ3v) is 3.63. The first-order valence-corrected chi connectivity index (χ1v) is 7.36. The molecule has 0 atom stereocenters. The van der Waals surface area contributed by atoms with Gasteiger partial charge in [-0.25, -0.2) is 4.79 Å². The van der Waals surface area contributed by atoms with Crippen LogP contribution in [0.25, 0.3) is 10.9 Å². The summed E-state index contributed by atoms with van der Waals surface area (Å²) in [5, 5.41) is 7.39. The second-order valence-corrected chi connectivity index (χ2v) is 5.62. The topological polar surface area (TPSA) is 56.9 Å². The SMILES string of the molecule is Cc1cc2cc(CNC(=O)Nc3ccc(Cl)cc3)ccc2[nH]1. The van der Waals surface area contributed by atoms with Crippen molar-refractivity contribution in [1.29, 1.82) is 0 Å². The summed E-state index contributed by atoms with van der Waals surface area (Å²) >= 11 is 5.81. The van der Waals surface area contributed by atoms with Crippen molar-refractivity contribution in [3.8, 4) is 0 Å². The molecule has 112 valence electrons. The highest BCUT2D eigenvalue weighted by atomic mass is 35.5. The quantitative estimate of drug-likeness (QED) is 0.657. The number of hydrogen-bond donors (Lipinski definition) is 3. The number of rotatable bonds is 3. The Hall–Kier alpha value is -2.46. The highest BCUT2D eigenvalue weighted by Gasteiger charge is 2.03. The fourth-order valence-electron chi connectivity index (χ4n) is 2.33. The zero-order valence-corrected chi connectivity index (χ0v) is 12.9. The average Bonchev–Trinajstić information content (AvgIpc) is 2.87. The molecule has 3 aromatic rings. The van der Waals surface area contributed by atoms with Crippen LogP contribution in [0.3, 0.4) is 0 Å². The minimum absolute atomic E-state index is 0.243. The Bertz CT molecular complexity index is 808. The Morgan fingerprint density at radius 2 is 1.91 bits per heavy atom. The van der Waals surface area contributed by atoms with Crippen LogP contribution in [-0.4, -0.2) is 11.0 Å². The predicted molar refractivity (Wildman–Crippen MR) is 90.3 cm³/mol. The van der Waals surface area contributed by atoms with Gasteiger partial charge < -0.3 is 15.6 Å². The molecule has 2 amide bonds. The molecule has 0 aliphatic carbocycles. The minimum atomic E-state index is -0.243. The summed E-state index contributed by atoms with van der Waals surface area (Å²) in [5.41, 5.74) is 3.99. The molecule has 3 rings (SSSR count). The van der Waals surface area contributed by atoms with E-state index in [-0.39, 0.29) is 6.03 Å². The number of aromatic amines is 1. The summed E-state index contributed by atoms with van der Waals surface area (Å²) in [6.07, 6.45) is 0. The van der Waals surface area contributed by atoms with Crippen LogP contribution in [0.4, 0.5) is 10.5 Å². The maximum absolute atomic E-state index is 11.9. The molecule has 0 saturated carbocycles. The molecule has 4 nitrogen and oxygen atoms in total. The molecule has 0 fully saturated rings. The average molecular weight is 314 g/mol. The monoisotopic (exact) mass is 313 g/mol. The van der Waals surface area contributed by atoms with Crippen molar-refractivity contribution in [2.75, 3.05) is 5.32 Å². The second-order valence-electron chi connectivity index (χ2n) is 5.19. The van der Waals surface area contributed by atoms with E-state index >= 15 is 0 Å². The van der Waals surface area contributed by atoms with Crippen molar-refractivity contribution < 1.29 is 4.79 Å². The van der Waals surface area contributed by atoms with E-state index in [1.807, 2.05) is 19.1 Å². The van der Waals surface area contributed by atoms with Crippen LogP contribution in [0, 0.1) is 6.92 Å². The lowest BCUT2D eigenvalue weighted by Gasteiger charge is -2.08. The number of carbonyl (C=O) groups is 1. The molecule has 1 aromatic heterocycles. The molecular weight excluding hydrogens is 298 g/mol. The Morgan fingerprint density at radius 1 is 1.14 bits per heavy atom. The molecule has 0 saturated heterocycles. The van der Waals surface area contributed by atoms with Gasteiger partial charge in [-0.1, -0.05) is 17.7 Å². The van der Waals surface area contributed by atoms with E-state index in [4.69, 9.17) is 11.6 Å². The van der Waals surface area contributed by atoms with Crippen LogP contribution in [0.15, 0.2) is 48.5 Å². The number of hydrogen-bond acceptors (Lipinski definition) is 1. The second kappa shape index (κ2) is 6.12. The van der Waals surface area contributed by atoms with Gasteiger partial charge in [-0.15, -0.1) is 0 Å². The van der Waals surface area contributed by atoms with E-state index in [2.05, 4.69) is 27.8 Å². The van der Waals surface area contributed by atoms with Gasteiger partial charge in [0.25, 0.3) is 0 Å². The third kappa shape index (κ3) is 3.40. The van der Waals surface area contributed by atoms with Gasteiger partial charge in [0.15, 0.2) is 0 Å². The number of fused-ring (bicyclic) bond motifs is 1. The van der Waals surface area contributed by atoms with Gasteiger partial charge in [-0.05, 0) is 60.3 Å². The summed E-state index contributed by atoms with van der Waals surface area (Å²) < 4.78 is 0. The van der Waals surface area contributed by atoms with Gasteiger partial charge in [0, 0.05) is 28.5 Å². The van der Waals surface area contributed by atoms with E-state index in [0.29, 0.717) is 17.3 Å². The standard InChI is InChI=1S/C17H16ClN3O/c1-11-8-13-9-12(2-7-16(13)20-11)10-19-17(22)21-15-5-3-14(18)4-6-15/h2-9,20H,10H2,1H3,(H2,19,21,22). The summed E-state index contributed by atoms with van der Waals surface area (Å²) in [4.78, 5) is 15.2. The number of nitrogens with one attached hydrogen (secondary N) is 3.